The van der Waals surface area contributed by atoms with Crippen LogP contribution in [0.2, 0.25) is 0 Å². The van der Waals surface area contributed by atoms with Crippen LogP contribution >= 0.6 is 11.3 Å². The zero-order valence-electron chi connectivity index (χ0n) is 14.6. The first-order valence-electron chi connectivity index (χ1n) is 8.16. The number of carbonyl (C=O) groups excluding carboxylic acids is 1. The normalized spacial score (nSPS) is 11.0. The smallest absolute Gasteiger partial charge is 0.294 e. The molecule has 1 aromatic carbocycles. The fourth-order valence-corrected chi connectivity index (χ4v) is 3.67. The van der Waals surface area contributed by atoms with Crippen LogP contribution in [0, 0.1) is 6.92 Å². The number of carbonyl (C=O) groups is 1. The third kappa shape index (κ3) is 3.15. The van der Waals surface area contributed by atoms with E-state index < -0.39 is 5.56 Å². The first kappa shape index (κ1) is 17.2. The SMILES string of the molecule is COc1cccc(C(=O)Cn2nc(-c3ccco3)c3sc(C)nc3c2=O)c1. The van der Waals surface area contributed by atoms with Gasteiger partial charge in [-0.3, -0.25) is 9.59 Å². The Labute approximate surface area is 157 Å². The van der Waals surface area contributed by atoms with Crippen LogP contribution < -0.4 is 10.3 Å². The first-order chi connectivity index (χ1) is 13.1. The van der Waals surface area contributed by atoms with E-state index in [9.17, 15) is 9.59 Å². The van der Waals surface area contributed by atoms with Gasteiger partial charge in [-0.15, -0.1) is 11.3 Å². The lowest BCUT2D eigenvalue weighted by molar-refractivity contribution is 0.0965. The molecule has 3 aromatic heterocycles. The van der Waals surface area contributed by atoms with E-state index in [2.05, 4.69) is 10.1 Å². The fraction of sp³-hybridized carbons (Fsp3) is 0.158. The predicted octanol–water partition coefficient (Wildman–Crippen LogP) is 3.31. The molecule has 0 bridgehead atoms. The van der Waals surface area contributed by atoms with Crippen LogP contribution in [0.5, 0.6) is 5.75 Å². The van der Waals surface area contributed by atoms with Crippen LogP contribution in [0.25, 0.3) is 21.7 Å². The van der Waals surface area contributed by atoms with E-state index in [1.165, 1.54) is 24.7 Å². The number of hydrogen-bond donors (Lipinski definition) is 0. The van der Waals surface area contributed by atoms with E-state index in [1.807, 2.05) is 6.92 Å². The number of methoxy groups -OCH3 is 1. The number of nitrogens with zero attached hydrogens (tertiary/aromatic N) is 3. The highest BCUT2D eigenvalue weighted by molar-refractivity contribution is 7.19. The maximum absolute atomic E-state index is 12.8. The molecule has 0 N–H and O–H groups in total. The van der Waals surface area contributed by atoms with Gasteiger partial charge in [-0.2, -0.15) is 5.10 Å². The Kier molecular flexibility index (Phi) is 4.33. The van der Waals surface area contributed by atoms with Gasteiger partial charge in [-0.1, -0.05) is 12.1 Å². The Morgan fingerprint density at radius 3 is 2.89 bits per heavy atom. The number of Topliss-reactive ketones (excluding diaryl/α,β-unsaturated/α-hetero) is 1. The molecule has 7 nitrogen and oxygen atoms in total. The summed E-state index contributed by atoms with van der Waals surface area (Å²) < 4.78 is 12.4. The lowest BCUT2D eigenvalue weighted by Crippen LogP contribution is -2.27. The second kappa shape index (κ2) is 6.81. The van der Waals surface area contributed by atoms with Crippen LogP contribution in [0.4, 0.5) is 0 Å². The van der Waals surface area contributed by atoms with E-state index in [4.69, 9.17) is 9.15 Å². The summed E-state index contributed by atoms with van der Waals surface area (Å²) >= 11 is 1.37. The summed E-state index contributed by atoms with van der Waals surface area (Å²) in [5.41, 5.74) is 0.828. The summed E-state index contributed by atoms with van der Waals surface area (Å²) in [4.78, 5) is 29.8. The van der Waals surface area contributed by atoms with Crippen LogP contribution in [0.15, 0.2) is 51.9 Å². The van der Waals surface area contributed by atoms with Gasteiger partial charge < -0.3 is 9.15 Å². The van der Waals surface area contributed by atoms with Crippen molar-refractivity contribution in [3.63, 3.8) is 0 Å². The molecule has 136 valence electrons. The molecule has 0 fully saturated rings. The Hall–Kier alpha value is -3.26. The van der Waals surface area contributed by atoms with Crippen molar-refractivity contribution in [3.8, 4) is 17.2 Å². The van der Waals surface area contributed by atoms with Crippen LogP contribution in [-0.2, 0) is 6.54 Å². The van der Waals surface area contributed by atoms with Crippen molar-refractivity contribution in [2.75, 3.05) is 7.11 Å². The van der Waals surface area contributed by atoms with Crippen molar-refractivity contribution < 1.29 is 13.9 Å². The molecule has 27 heavy (non-hydrogen) atoms. The Balaban J connectivity index is 1.81. The molecular formula is C19H15N3O4S. The molecule has 3 heterocycles. The number of ether oxygens (including phenoxy) is 1. The van der Waals surface area contributed by atoms with Crippen molar-refractivity contribution in [2.24, 2.45) is 0 Å². The number of hydrogen-bond acceptors (Lipinski definition) is 7. The number of benzene rings is 1. The minimum Gasteiger partial charge on any atom is -0.497 e. The summed E-state index contributed by atoms with van der Waals surface area (Å²) in [7, 11) is 1.53. The minimum atomic E-state index is -0.402. The Morgan fingerprint density at radius 2 is 2.15 bits per heavy atom. The van der Waals surface area contributed by atoms with Gasteiger partial charge in [0.2, 0.25) is 0 Å². The molecule has 8 heteroatoms. The third-order valence-corrected chi connectivity index (χ3v) is 5.02. The van der Waals surface area contributed by atoms with Crippen molar-refractivity contribution in [1.29, 1.82) is 0 Å². The van der Waals surface area contributed by atoms with Crippen LogP contribution in [0.1, 0.15) is 15.4 Å². The first-order valence-corrected chi connectivity index (χ1v) is 8.98. The molecule has 0 atom stereocenters. The summed E-state index contributed by atoms with van der Waals surface area (Å²) in [5, 5.41) is 5.14. The summed E-state index contributed by atoms with van der Waals surface area (Å²) in [5.74, 6) is 0.842. The topological polar surface area (TPSA) is 87.2 Å². The number of aromatic nitrogens is 3. The van der Waals surface area contributed by atoms with Crippen LogP contribution in [-0.4, -0.2) is 27.7 Å². The Morgan fingerprint density at radius 1 is 1.30 bits per heavy atom. The van der Waals surface area contributed by atoms with Gasteiger partial charge in [0.05, 0.1) is 23.1 Å². The van der Waals surface area contributed by atoms with Crippen molar-refractivity contribution in [3.05, 3.63) is 63.6 Å². The highest BCUT2D eigenvalue weighted by Crippen LogP contribution is 2.29. The predicted molar refractivity (Wildman–Crippen MR) is 101 cm³/mol. The van der Waals surface area contributed by atoms with E-state index in [0.29, 0.717) is 27.5 Å². The number of rotatable bonds is 5. The molecular weight excluding hydrogens is 366 g/mol. The highest BCUT2D eigenvalue weighted by atomic mass is 32.1. The van der Waals surface area contributed by atoms with Gasteiger partial charge in [-0.25, -0.2) is 9.67 Å². The molecule has 0 saturated carbocycles. The monoisotopic (exact) mass is 381 g/mol. The maximum atomic E-state index is 12.8. The molecule has 0 aliphatic rings. The third-order valence-electron chi connectivity index (χ3n) is 4.05. The highest BCUT2D eigenvalue weighted by Gasteiger charge is 2.19. The molecule has 0 aliphatic carbocycles. The molecule has 0 aliphatic heterocycles. The number of furan rings is 1. The molecule has 0 unspecified atom stereocenters. The van der Waals surface area contributed by atoms with Crippen molar-refractivity contribution in [1.82, 2.24) is 14.8 Å². The average Bonchev–Trinajstić information content (AvgIpc) is 3.34. The zero-order valence-corrected chi connectivity index (χ0v) is 15.4. The molecule has 4 rings (SSSR count). The van der Waals surface area contributed by atoms with Gasteiger partial charge in [-0.05, 0) is 31.2 Å². The number of aryl methyl sites for hydroxylation is 1. The fourth-order valence-electron chi connectivity index (χ4n) is 2.77. The van der Waals surface area contributed by atoms with Gasteiger partial charge in [0.25, 0.3) is 5.56 Å². The molecule has 0 amide bonds. The van der Waals surface area contributed by atoms with Gasteiger partial charge in [0.1, 0.15) is 18.0 Å². The van der Waals surface area contributed by atoms with E-state index in [0.717, 1.165) is 9.69 Å². The molecule has 4 aromatic rings. The lowest BCUT2D eigenvalue weighted by atomic mass is 10.1. The standard InChI is InChI=1S/C19H15N3O4S/c1-11-20-17-18(27-11)16(15-7-4-8-26-15)21-22(19(17)24)10-14(23)12-5-3-6-13(9-12)25-2/h3-9H,10H2,1-2H3. The number of thiazole rings is 1. The summed E-state index contributed by atoms with van der Waals surface area (Å²) in [6.07, 6.45) is 1.54. The van der Waals surface area contributed by atoms with Crippen molar-refractivity contribution in [2.45, 2.75) is 13.5 Å². The minimum absolute atomic E-state index is 0.202. The average molecular weight is 381 g/mol. The quantitative estimate of drug-likeness (QED) is 0.493. The van der Waals surface area contributed by atoms with Gasteiger partial charge >= 0.3 is 0 Å². The number of fused-ring (bicyclic) bond motifs is 1. The van der Waals surface area contributed by atoms with Crippen molar-refractivity contribution >= 4 is 27.3 Å². The van der Waals surface area contributed by atoms with E-state index in [1.54, 1.807) is 36.4 Å². The lowest BCUT2D eigenvalue weighted by Gasteiger charge is -2.07. The number of ketones is 1. The Bertz CT molecular complexity index is 1190. The second-order valence-electron chi connectivity index (χ2n) is 5.85. The second-order valence-corrected chi connectivity index (χ2v) is 7.06. The summed E-state index contributed by atoms with van der Waals surface area (Å²) in [6.45, 7) is 1.62. The maximum Gasteiger partial charge on any atom is 0.294 e. The van der Waals surface area contributed by atoms with Gasteiger partial charge in [0, 0.05) is 5.56 Å². The molecule has 0 saturated heterocycles. The van der Waals surface area contributed by atoms with Crippen LogP contribution in [0.3, 0.4) is 0 Å². The van der Waals surface area contributed by atoms with Gasteiger partial charge in [0.15, 0.2) is 17.1 Å². The summed E-state index contributed by atoms with van der Waals surface area (Å²) in [6, 6.07) is 10.3. The zero-order chi connectivity index (χ0) is 19.0. The van der Waals surface area contributed by atoms with E-state index >= 15 is 0 Å². The largest absolute Gasteiger partial charge is 0.497 e. The molecule has 0 radical (unpaired) electrons. The molecule has 0 spiro atoms. The van der Waals surface area contributed by atoms with E-state index in [-0.39, 0.29) is 17.8 Å².